The van der Waals surface area contributed by atoms with Gasteiger partial charge in [0.2, 0.25) is 35.4 Å². The quantitative estimate of drug-likeness (QED) is 0.0958. The number of aliphatic hydroxyl groups is 1. The van der Waals surface area contributed by atoms with Crippen molar-refractivity contribution in [2.45, 2.75) is 82.5 Å². The van der Waals surface area contributed by atoms with Gasteiger partial charge in [-0.05, 0) is 38.0 Å². The molecule has 9 N–H and O–H groups in total. The van der Waals surface area contributed by atoms with E-state index in [2.05, 4.69) is 21.3 Å². The van der Waals surface area contributed by atoms with Crippen LogP contribution in [0.15, 0.2) is 24.3 Å². The molecule has 1 aliphatic rings. The van der Waals surface area contributed by atoms with Gasteiger partial charge in [0.05, 0.1) is 18.9 Å². The van der Waals surface area contributed by atoms with Crippen molar-refractivity contribution in [3.8, 4) is 0 Å². The van der Waals surface area contributed by atoms with Crippen molar-refractivity contribution in [3.63, 3.8) is 0 Å². The molecule has 6 amide bonds. The van der Waals surface area contributed by atoms with Crippen LogP contribution >= 0.6 is 0 Å². The van der Waals surface area contributed by atoms with Gasteiger partial charge in [-0.2, -0.15) is 0 Å². The number of carbonyl (C=O) groups excluding carboxylic acids is 6. The molecule has 1 rings (SSSR count). The van der Waals surface area contributed by atoms with E-state index in [-0.39, 0.29) is 5.92 Å². The van der Waals surface area contributed by atoms with Crippen LogP contribution in [-0.2, 0) is 28.8 Å². The molecule has 0 aromatic rings. The van der Waals surface area contributed by atoms with Crippen molar-refractivity contribution in [1.29, 1.82) is 0 Å². The third-order valence-electron chi connectivity index (χ3n) is 6.07. The summed E-state index contributed by atoms with van der Waals surface area (Å²) in [7, 11) is 1.41. The lowest BCUT2D eigenvalue weighted by atomic mass is 9.82. The van der Waals surface area contributed by atoms with Gasteiger partial charge < -0.3 is 37.8 Å². The molecule has 0 heterocycles. The topological polar surface area (TPSA) is 223 Å². The van der Waals surface area contributed by atoms with Gasteiger partial charge in [0.25, 0.3) is 0 Å². The molecule has 0 aromatic carbocycles. The van der Waals surface area contributed by atoms with Crippen LogP contribution < -0.4 is 32.7 Å². The minimum atomic E-state index is -1.49. The fourth-order valence-electron chi connectivity index (χ4n) is 4.04. The zero-order valence-electron chi connectivity index (χ0n) is 21.9. The Bertz CT molecular complexity index is 912. The highest BCUT2D eigenvalue weighted by Crippen LogP contribution is 2.27. The van der Waals surface area contributed by atoms with Crippen LogP contribution in [-0.4, -0.2) is 71.8 Å². The molecule has 0 bridgehead atoms. The van der Waals surface area contributed by atoms with Gasteiger partial charge in [-0.15, -0.1) is 0 Å². The van der Waals surface area contributed by atoms with Crippen molar-refractivity contribution in [3.05, 3.63) is 24.3 Å². The molecule has 3 atom stereocenters. The smallest absolute Gasteiger partial charge is 0.244 e. The zero-order valence-corrected chi connectivity index (χ0v) is 21.9. The Morgan fingerprint density at radius 1 is 0.842 bits per heavy atom. The zero-order chi connectivity index (χ0) is 28.7. The molecule has 38 heavy (non-hydrogen) atoms. The van der Waals surface area contributed by atoms with Crippen molar-refractivity contribution in [2.24, 2.45) is 17.4 Å². The molecule has 13 nitrogen and oxygen atoms in total. The van der Waals surface area contributed by atoms with Gasteiger partial charge in [0.15, 0.2) is 0 Å². The molecular weight excluding hydrogens is 496 g/mol. The van der Waals surface area contributed by atoms with E-state index < -0.39 is 72.5 Å². The summed E-state index contributed by atoms with van der Waals surface area (Å²) in [5.41, 5.74) is 10.5. The van der Waals surface area contributed by atoms with E-state index in [1.165, 1.54) is 13.1 Å². The van der Waals surface area contributed by atoms with Crippen LogP contribution in [0.5, 0.6) is 0 Å². The molecule has 0 spiro atoms. The second kappa shape index (κ2) is 16.9. The molecule has 0 saturated heterocycles. The molecular formula is C25H40N6O7. The average molecular weight is 537 g/mol. The normalized spacial score (nSPS) is 19.8. The minimum Gasteiger partial charge on any atom is -0.393 e. The third-order valence-corrected chi connectivity index (χ3v) is 6.07. The third kappa shape index (κ3) is 12.0. The largest absolute Gasteiger partial charge is 0.393 e. The van der Waals surface area contributed by atoms with Crippen molar-refractivity contribution < 1.29 is 33.9 Å². The predicted octanol–water partition coefficient (Wildman–Crippen LogP) is -1.60. The van der Waals surface area contributed by atoms with E-state index in [1.54, 1.807) is 6.08 Å². The van der Waals surface area contributed by atoms with E-state index in [0.29, 0.717) is 25.7 Å². The summed E-state index contributed by atoms with van der Waals surface area (Å²) in [5, 5.41) is 19.5. The van der Waals surface area contributed by atoms with E-state index in [9.17, 15) is 33.9 Å². The van der Waals surface area contributed by atoms with E-state index in [1.807, 2.05) is 13.0 Å². The van der Waals surface area contributed by atoms with Gasteiger partial charge in [-0.1, -0.05) is 31.6 Å². The minimum absolute atomic E-state index is 0.271. The highest BCUT2D eigenvalue weighted by molar-refractivity contribution is 5.98. The van der Waals surface area contributed by atoms with Crippen molar-refractivity contribution >= 4 is 35.4 Å². The first-order chi connectivity index (χ1) is 18.0. The summed E-state index contributed by atoms with van der Waals surface area (Å²) in [6.07, 6.45) is 8.17. The number of carbonyl (C=O) groups is 6. The molecule has 0 aliphatic heterocycles. The van der Waals surface area contributed by atoms with Crippen molar-refractivity contribution in [1.82, 2.24) is 21.3 Å². The Balaban J connectivity index is 3.00. The van der Waals surface area contributed by atoms with Gasteiger partial charge in [-0.3, -0.25) is 28.8 Å². The number of primary amides is 2. The Morgan fingerprint density at radius 3 is 1.92 bits per heavy atom. The second-order valence-corrected chi connectivity index (χ2v) is 9.21. The summed E-state index contributed by atoms with van der Waals surface area (Å²) in [5.74, 6) is -4.99. The second-order valence-electron chi connectivity index (χ2n) is 9.21. The van der Waals surface area contributed by atoms with Crippen LogP contribution in [0.25, 0.3) is 0 Å². The molecule has 0 radical (unpaired) electrons. The van der Waals surface area contributed by atoms with Gasteiger partial charge >= 0.3 is 0 Å². The average Bonchev–Trinajstić information content (AvgIpc) is 2.85. The SMILES string of the molecule is CCC/C=C/C=C/C(=O)N[C@H](CC(N)=O)C(=O)N[C@@H](CC(N)=O)C(=O)N[C@@H](C(=O)NC)C1CCC(O)CC1. The Hall–Kier alpha value is -3.74. The number of hydrogen-bond donors (Lipinski definition) is 7. The predicted molar refractivity (Wildman–Crippen MR) is 139 cm³/mol. The number of nitrogens with two attached hydrogens (primary N) is 2. The van der Waals surface area contributed by atoms with Crippen LogP contribution in [0.1, 0.15) is 58.3 Å². The monoisotopic (exact) mass is 536 g/mol. The van der Waals surface area contributed by atoms with E-state index in [0.717, 1.165) is 18.9 Å². The first-order valence-electron chi connectivity index (χ1n) is 12.7. The fourth-order valence-corrected chi connectivity index (χ4v) is 4.04. The number of aliphatic hydroxyl groups excluding tert-OH is 1. The molecule has 1 saturated carbocycles. The standard InChI is InChI=1S/C25H40N6O7/c1-3-4-5-6-7-8-21(35)29-17(13-19(26)33)23(36)30-18(14-20(27)34)24(37)31-22(25(38)28-2)15-9-11-16(32)12-10-15/h5-8,15-18,22,32H,3-4,9-14H2,1-2H3,(H2,26,33)(H2,27,34)(H,28,38)(H,29,35)(H,30,36)(H,31,37)/b6-5+,8-7+/t15?,16?,17-,18+,22-/m1/s1. The maximum Gasteiger partial charge on any atom is 0.244 e. The highest BCUT2D eigenvalue weighted by Gasteiger charge is 2.35. The number of likely N-dealkylation sites (N-methyl/N-ethyl adjacent to an activating group) is 1. The van der Waals surface area contributed by atoms with Gasteiger partial charge in [0.1, 0.15) is 18.1 Å². The summed E-state index contributed by atoms with van der Waals surface area (Å²) in [6.45, 7) is 2.00. The fraction of sp³-hybridized carbons (Fsp3) is 0.600. The summed E-state index contributed by atoms with van der Waals surface area (Å²) < 4.78 is 0. The van der Waals surface area contributed by atoms with Gasteiger partial charge in [0, 0.05) is 13.1 Å². The molecule has 1 aliphatic carbocycles. The number of hydrogen-bond acceptors (Lipinski definition) is 7. The summed E-state index contributed by atoms with van der Waals surface area (Å²) in [6, 6.07) is -3.89. The molecule has 13 heteroatoms. The summed E-state index contributed by atoms with van der Waals surface area (Å²) >= 11 is 0. The van der Waals surface area contributed by atoms with E-state index in [4.69, 9.17) is 11.5 Å². The number of nitrogens with one attached hydrogen (secondary N) is 4. The lowest BCUT2D eigenvalue weighted by Crippen LogP contribution is -2.59. The Labute approximate surface area is 222 Å². The molecule has 0 unspecified atom stereocenters. The molecule has 0 aromatic heterocycles. The first kappa shape index (κ1) is 32.3. The maximum atomic E-state index is 13.1. The Kier molecular flexibility index (Phi) is 14.4. The molecule has 1 fully saturated rings. The maximum absolute atomic E-state index is 13.1. The van der Waals surface area contributed by atoms with Crippen LogP contribution in [0.2, 0.25) is 0 Å². The molecule has 212 valence electrons. The lowest BCUT2D eigenvalue weighted by Gasteiger charge is -2.32. The number of rotatable bonds is 15. The first-order valence-corrected chi connectivity index (χ1v) is 12.7. The van der Waals surface area contributed by atoms with Crippen LogP contribution in [0.4, 0.5) is 0 Å². The lowest BCUT2D eigenvalue weighted by molar-refractivity contribution is -0.136. The van der Waals surface area contributed by atoms with Crippen molar-refractivity contribution in [2.75, 3.05) is 7.05 Å². The number of allylic oxidation sites excluding steroid dienone is 3. The van der Waals surface area contributed by atoms with Crippen LogP contribution in [0, 0.1) is 5.92 Å². The highest BCUT2D eigenvalue weighted by atomic mass is 16.3. The van der Waals surface area contributed by atoms with Gasteiger partial charge in [-0.25, -0.2) is 0 Å². The van der Waals surface area contributed by atoms with E-state index >= 15 is 0 Å². The number of unbranched alkanes of at least 4 members (excludes halogenated alkanes) is 1. The Morgan fingerprint density at radius 2 is 1.39 bits per heavy atom. The van der Waals surface area contributed by atoms with Crippen LogP contribution in [0.3, 0.4) is 0 Å². The number of amides is 6. The summed E-state index contributed by atoms with van der Waals surface area (Å²) in [4.78, 5) is 73.9.